The zero-order valence-corrected chi connectivity index (χ0v) is 6.75. The summed E-state index contributed by atoms with van der Waals surface area (Å²) in [5.74, 6) is 0. The van der Waals surface area contributed by atoms with Gasteiger partial charge in [0.1, 0.15) is 0 Å². The Morgan fingerprint density at radius 2 is 1.67 bits per heavy atom. The second-order valence-electron chi connectivity index (χ2n) is 0.407. The van der Waals surface area contributed by atoms with Crippen LogP contribution in [0.25, 0.3) is 0 Å². The molecule has 1 nitrogen and oxygen atoms in total. The van der Waals surface area contributed by atoms with Crippen molar-refractivity contribution in [2.24, 2.45) is 0 Å². The molecule has 0 amide bonds. The summed E-state index contributed by atoms with van der Waals surface area (Å²) < 4.78 is -0.231. The van der Waals surface area contributed by atoms with Crippen molar-refractivity contribution in [3.8, 4) is 0 Å². The molecule has 0 atom stereocenters. The van der Waals surface area contributed by atoms with E-state index in [0.717, 1.165) is 0 Å². The van der Waals surface area contributed by atoms with Crippen LogP contribution in [0.4, 0.5) is 0 Å². The van der Waals surface area contributed by atoms with Crippen molar-refractivity contribution in [2.45, 2.75) is 0 Å². The molecule has 0 aromatic heterocycles. The molecule has 0 saturated carbocycles. The summed E-state index contributed by atoms with van der Waals surface area (Å²) in [6.45, 7) is 0. The van der Waals surface area contributed by atoms with Gasteiger partial charge in [-0.05, 0) is 0 Å². The van der Waals surface area contributed by atoms with E-state index in [1.165, 1.54) is 0 Å². The van der Waals surface area contributed by atoms with E-state index in [1.54, 1.807) is 0 Å². The SMILES string of the molecule is [Na+].[O-]C=C(Cl)Cl. The van der Waals surface area contributed by atoms with Crippen LogP contribution in [0.1, 0.15) is 0 Å². The molecular formula is C2HCl2NaO. The van der Waals surface area contributed by atoms with E-state index in [0.29, 0.717) is 6.26 Å². The van der Waals surface area contributed by atoms with Gasteiger partial charge < -0.3 is 5.11 Å². The Labute approximate surface area is 68.2 Å². The standard InChI is InChI=1S/C2H2Cl2O.Na/c3-2(4)1-5;/h1,5H;/q;+1/p-1. The van der Waals surface area contributed by atoms with Gasteiger partial charge in [0, 0.05) is 0 Å². The Bertz CT molecular complexity index is 49.5. The third-order valence-corrected chi connectivity index (χ3v) is 0.267. The summed E-state index contributed by atoms with van der Waals surface area (Å²) in [5.41, 5.74) is 0. The molecule has 0 aliphatic rings. The maximum Gasteiger partial charge on any atom is 1.00 e. The Kier molecular flexibility index (Phi) is 10.4. The van der Waals surface area contributed by atoms with Gasteiger partial charge in [-0.2, -0.15) is 0 Å². The molecule has 0 fully saturated rings. The molecule has 0 N–H and O–H groups in total. The first kappa shape index (κ1) is 10.2. The van der Waals surface area contributed by atoms with Crippen molar-refractivity contribution in [1.82, 2.24) is 0 Å². The zero-order valence-electron chi connectivity index (χ0n) is 3.24. The fraction of sp³-hybridized carbons (Fsp3) is 0. The van der Waals surface area contributed by atoms with Gasteiger partial charge in [-0.25, -0.2) is 0 Å². The molecule has 0 aromatic rings. The first-order chi connectivity index (χ1) is 2.27. The topological polar surface area (TPSA) is 23.1 Å². The minimum Gasteiger partial charge on any atom is -0.876 e. The molecule has 0 rings (SSSR count). The minimum atomic E-state index is -0.231. The molecule has 0 radical (unpaired) electrons. The van der Waals surface area contributed by atoms with Crippen molar-refractivity contribution >= 4 is 23.2 Å². The van der Waals surface area contributed by atoms with Crippen LogP contribution >= 0.6 is 23.2 Å². The van der Waals surface area contributed by atoms with E-state index in [9.17, 15) is 5.11 Å². The van der Waals surface area contributed by atoms with Crippen LogP contribution in [-0.2, 0) is 0 Å². The van der Waals surface area contributed by atoms with Gasteiger partial charge in [-0.15, -0.1) is 6.26 Å². The molecule has 0 aliphatic heterocycles. The second kappa shape index (κ2) is 6.12. The summed E-state index contributed by atoms with van der Waals surface area (Å²) >= 11 is 9.55. The zero-order chi connectivity index (χ0) is 4.28. The van der Waals surface area contributed by atoms with E-state index in [-0.39, 0.29) is 34.0 Å². The van der Waals surface area contributed by atoms with Crippen LogP contribution < -0.4 is 34.7 Å². The van der Waals surface area contributed by atoms with Gasteiger partial charge in [0.05, 0.1) is 4.49 Å². The Hall–Kier alpha value is 1.12. The first-order valence-electron chi connectivity index (χ1n) is 0.902. The van der Waals surface area contributed by atoms with Gasteiger partial charge >= 0.3 is 29.6 Å². The largest absolute Gasteiger partial charge is 1.00 e. The summed E-state index contributed by atoms with van der Waals surface area (Å²) in [6.07, 6.45) is 0.364. The average Bonchev–Trinajstić information content (AvgIpc) is 1.38. The third-order valence-electron chi connectivity index (χ3n) is 0.0891. The summed E-state index contributed by atoms with van der Waals surface area (Å²) in [7, 11) is 0. The summed E-state index contributed by atoms with van der Waals surface area (Å²) in [6, 6.07) is 0. The second-order valence-corrected chi connectivity index (χ2v) is 1.42. The fourth-order valence-corrected chi connectivity index (χ4v) is 0. The normalized spacial score (nSPS) is 5.67. The molecule has 0 spiro atoms. The maximum absolute atomic E-state index is 9.20. The van der Waals surface area contributed by atoms with Crippen LogP contribution in [0.2, 0.25) is 0 Å². The fourth-order valence-electron chi connectivity index (χ4n) is 0. The maximum atomic E-state index is 9.20. The van der Waals surface area contributed by atoms with E-state index in [2.05, 4.69) is 0 Å². The van der Waals surface area contributed by atoms with E-state index < -0.39 is 0 Å². The average molecular weight is 135 g/mol. The molecule has 4 heteroatoms. The molecule has 0 aliphatic carbocycles. The molecule has 0 bridgehead atoms. The van der Waals surface area contributed by atoms with Crippen molar-refractivity contribution < 1.29 is 34.7 Å². The van der Waals surface area contributed by atoms with Crippen molar-refractivity contribution in [3.05, 3.63) is 10.8 Å². The predicted octanol–water partition coefficient (Wildman–Crippen LogP) is -2.37. The van der Waals surface area contributed by atoms with E-state index in [4.69, 9.17) is 23.2 Å². The molecule has 30 valence electrons. The van der Waals surface area contributed by atoms with Crippen LogP contribution in [0.3, 0.4) is 0 Å². The summed E-state index contributed by atoms with van der Waals surface area (Å²) in [5, 5.41) is 9.20. The Morgan fingerprint density at radius 3 is 1.67 bits per heavy atom. The van der Waals surface area contributed by atoms with Gasteiger partial charge in [0.25, 0.3) is 0 Å². The molecule has 0 saturated heterocycles. The molecule has 0 heterocycles. The molecular weight excluding hydrogens is 134 g/mol. The Balaban J connectivity index is 0. The number of halogens is 2. The first-order valence-corrected chi connectivity index (χ1v) is 1.66. The summed E-state index contributed by atoms with van der Waals surface area (Å²) in [4.78, 5) is 0. The third kappa shape index (κ3) is 8.93. The van der Waals surface area contributed by atoms with Crippen molar-refractivity contribution in [2.75, 3.05) is 0 Å². The van der Waals surface area contributed by atoms with Crippen LogP contribution in [-0.4, -0.2) is 0 Å². The monoisotopic (exact) mass is 134 g/mol. The van der Waals surface area contributed by atoms with Gasteiger partial charge in [-0.1, -0.05) is 23.2 Å². The predicted molar refractivity (Wildman–Crippen MR) is 19.8 cm³/mol. The molecule has 6 heavy (non-hydrogen) atoms. The van der Waals surface area contributed by atoms with Gasteiger partial charge in [-0.3, -0.25) is 0 Å². The quantitative estimate of drug-likeness (QED) is 0.269. The smallest absolute Gasteiger partial charge is 0.876 e. The van der Waals surface area contributed by atoms with Crippen LogP contribution in [0.5, 0.6) is 0 Å². The van der Waals surface area contributed by atoms with Gasteiger partial charge in [0.2, 0.25) is 0 Å². The van der Waals surface area contributed by atoms with Crippen molar-refractivity contribution in [1.29, 1.82) is 0 Å². The van der Waals surface area contributed by atoms with E-state index >= 15 is 0 Å². The number of hydrogen-bond acceptors (Lipinski definition) is 1. The number of rotatable bonds is 0. The van der Waals surface area contributed by atoms with Crippen LogP contribution in [0.15, 0.2) is 10.8 Å². The molecule has 0 aromatic carbocycles. The number of hydrogen-bond donors (Lipinski definition) is 0. The van der Waals surface area contributed by atoms with Crippen molar-refractivity contribution in [3.63, 3.8) is 0 Å². The minimum absolute atomic E-state index is 0. The Morgan fingerprint density at radius 1 is 1.50 bits per heavy atom. The molecule has 0 unspecified atom stereocenters. The van der Waals surface area contributed by atoms with Gasteiger partial charge in [0.15, 0.2) is 0 Å². The van der Waals surface area contributed by atoms with Crippen LogP contribution in [0, 0.1) is 0 Å². The van der Waals surface area contributed by atoms with E-state index in [1.807, 2.05) is 0 Å².